The largest absolute Gasteiger partial charge is 0.480 e. The van der Waals surface area contributed by atoms with E-state index in [0.29, 0.717) is 10.2 Å². The highest BCUT2D eigenvalue weighted by Gasteiger charge is 2.39. The van der Waals surface area contributed by atoms with Crippen molar-refractivity contribution in [3.8, 4) is 0 Å². The number of nitrogens with zero attached hydrogens (tertiary/aromatic N) is 2. The van der Waals surface area contributed by atoms with Crippen LogP contribution in [0.5, 0.6) is 0 Å². The number of halogens is 3. The summed E-state index contributed by atoms with van der Waals surface area (Å²) >= 11 is 0. The van der Waals surface area contributed by atoms with Crippen molar-refractivity contribution in [2.24, 2.45) is 0 Å². The normalized spacial score (nSPS) is 12.5. The maximum absolute atomic E-state index is 13.1. The first-order valence-electron chi connectivity index (χ1n) is 7.59. The van der Waals surface area contributed by atoms with Crippen molar-refractivity contribution in [2.75, 3.05) is 5.32 Å². The van der Waals surface area contributed by atoms with Crippen LogP contribution >= 0.6 is 0 Å². The predicted octanol–water partition coefficient (Wildman–Crippen LogP) is 3.69. The molecule has 1 aromatic carbocycles. The van der Waals surface area contributed by atoms with Crippen molar-refractivity contribution >= 4 is 17.7 Å². The van der Waals surface area contributed by atoms with Gasteiger partial charge in [-0.05, 0) is 12.0 Å². The Hall–Kier alpha value is -3.04. The topological polar surface area (TPSA) is 93.5 Å². The number of carboxylic acids is 1. The van der Waals surface area contributed by atoms with Gasteiger partial charge in [-0.2, -0.15) is 18.3 Å². The maximum atomic E-state index is 13.1. The molecule has 0 aliphatic carbocycles. The summed E-state index contributed by atoms with van der Waals surface area (Å²) in [6.45, 7) is 1.36. The lowest BCUT2D eigenvalue weighted by Crippen LogP contribution is -2.19. The molecule has 0 aliphatic heterocycles. The van der Waals surface area contributed by atoms with Gasteiger partial charge in [0.15, 0.2) is 5.69 Å². The molecule has 1 atom stereocenters. The number of alkyl halides is 3. The molecule has 1 aromatic heterocycles. The molecule has 1 heterocycles. The standard InChI is InChI=1S/C16H16F3N3O4/c1-2-12(14(23)24)22-8-11(13(21-22)16(17,18)19)20-15(25)26-9-10-6-4-3-5-7-10/h3-8,12H,2,9H2,1H3,(H,20,25)(H,23,24). The number of hydrogen-bond acceptors (Lipinski definition) is 4. The molecule has 2 N–H and O–H groups in total. The van der Waals surface area contributed by atoms with Gasteiger partial charge in [-0.15, -0.1) is 0 Å². The second-order valence-corrected chi connectivity index (χ2v) is 5.32. The molecule has 0 fully saturated rings. The molecule has 10 heteroatoms. The van der Waals surface area contributed by atoms with Gasteiger partial charge in [0.1, 0.15) is 12.6 Å². The summed E-state index contributed by atoms with van der Waals surface area (Å²) in [6, 6.07) is 7.29. The van der Waals surface area contributed by atoms with Crippen LogP contribution in [0.1, 0.15) is 30.6 Å². The molecule has 1 unspecified atom stereocenters. The van der Waals surface area contributed by atoms with Gasteiger partial charge < -0.3 is 9.84 Å². The van der Waals surface area contributed by atoms with Crippen LogP contribution in [-0.4, -0.2) is 26.9 Å². The van der Waals surface area contributed by atoms with E-state index >= 15 is 0 Å². The number of hydrogen-bond donors (Lipinski definition) is 2. The molecular formula is C16H16F3N3O4. The molecule has 7 nitrogen and oxygen atoms in total. The number of ether oxygens (including phenoxy) is 1. The first-order chi connectivity index (χ1) is 12.2. The van der Waals surface area contributed by atoms with Crippen LogP contribution < -0.4 is 5.32 Å². The third-order valence-electron chi connectivity index (χ3n) is 3.44. The van der Waals surface area contributed by atoms with Gasteiger partial charge in [0, 0.05) is 0 Å². The molecule has 1 amide bonds. The Labute approximate surface area is 146 Å². The molecule has 26 heavy (non-hydrogen) atoms. The number of aromatic nitrogens is 2. The summed E-state index contributed by atoms with van der Waals surface area (Å²) in [5.74, 6) is -1.33. The Morgan fingerprint density at radius 1 is 1.31 bits per heavy atom. The Kier molecular flexibility index (Phi) is 5.86. The Morgan fingerprint density at radius 3 is 2.50 bits per heavy atom. The number of carbonyl (C=O) groups is 2. The highest BCUT2D eigenvalue weighted by molar-refractivity contribution is 5.85. The zero-order valence-corrected chi connectivity index (χ0v) is 13.7. The van der Waals surface area contributed by atoms with E-state index in [4.69, 9.17) is 9.84 Å². The second kappa shape index (κ2) is 7.89. The third kappa shape index (κ3) is 4.74. The summed E-state index contributed by atoms with van der Waals surface area (Å²) in [7, 11) is 0. The number of carbonyl (C=O) groups excluding carboxylic acids is 1. The number of aliphatic carboxylic acids is 1. The first kappa shape index (κ1) is 19.3. The van der Waals surface area contributed by atoms with Crippen LogP contribution in [0.3, 0.4) is 0 Å². The van der Waals surface area contributed by atoms with E-state index in [1.54, 1.807) is 30.3 Å². The van der Waals surface area contributed by atoms with Crippen LogP contribution in [0, 0.1) is 0 Å². The zero-order valence-electron chi connectivity index (χ0n) is 13.7. The molecule has 0 saturated carbocycles. The molecule has 2 aromatic rings. The predicted molar refractivity (Wildman–Crippen MR) is 84.4 cm³/mol. The fourth-order valence-corrected chi connectivity index (χ4v) is 2.20. The Morgan fingerprint density at radius 2 is 1.96 bits per heavy atom. The van der Waals surface area contributed by atoms with Gasteiger partial charge in [0.2, 0.25) is 0 Å². The number of benzene rings is 1. The van der Waals surface area contributed by atoms with Gasteiger partial charge >= 0.3 is 18.2 Å². The van der Waals surface area contributed by atoms with Crippen molar-refractivity contribution in [2.45, 2.75) is 32.2 Å². The maximum Gasteiger partial charge on any atom is 0.437 e. The van der Waals surface area contributed by atoms with E-state index in [1.807, 2.05) is 5.32 Å². The molecule has 0 saturated heterocycles. The monoisotopic (exact) mass is 371 g/mol. The van der Waals surface area contributed by atoms with Crippen molar-refractivity contribution in [1.29, 1.82) is 0 Å². The van der Waals surface area contributed by atoms with E-state index in [1.165, 1.54) is 6.92 Å². The summed E-state index contributed by atoms with van der Waals surface area (Å²) in [5.41, 5.74) is -1.41. The lowest BCUT2D eigenvalue weighted by atomic mass is 10.2. The third-order valence-corrected chi connectivity index (χ3v) is 3.44. The fourth-order valence-electron chi connectivity index (χ4n) is 2.20. The smallest absolute Gasteiger partial charge is 0.437 e. The summed E-state index contributed by atoms with van der Waals surface area (Å²) in [5, 5.41) is 14.3. The van der Waals surface area contributed by atoms with Gasteiger partial charge in [-0.25, -0.2) is 9.59 Å². The van der Waals surface area contributed by atoms with Crippen molar-refractivity contribution in [1.82, 2.24) is 9.78 Å². The van der Waals surface area contributed by atoms with E-state index in [9.17, 15) is 22.8 Å². The van der Waals surface area contributed by atoms with E-state index in [-0.39, 0.29) is 13.0 Å². The van der Waals surface area contributed by atoms with Gasteiger partial charge in [0.05, 0.1) is 11.9 Å². The molecular weight excluding hydrogens is 355 g/mol. The van der Waals surface area contributed by atoms with Crippen LogP contribution in [0.25, 0.3) is 0 Å². The first-order valence-corrected chi connectivity index (χ1v) is 7.59. The number of anilines is 1. The lowest BCUT2D eigenvalue weighted by molar-refractivity contribution is -0.144. The van der Waals surface area contributed by atoms with Crippen LogP contribution in [0.2, 0.25) is 0 Å². The van der Waals surface area contributed by atoms with Gasteiger partial charge in [-0.3, -0.25) is 10.00 Å². The van der Waals surface area contributed by atoms with Crippen molar-refractivity contribution in [3.05, 3.63) is 47.8 Å². The lowest BCUT2D eigenvalue weighted by Gasteiger charge is -2.09. The molecule has 140 valence electrons. The summed E-state index contributed by atoms with van der Waals surface area (Å²) < 4.78 is 44.9. The molecule has 0 radical (unpaired) electrons. The quantitative estimate of drug-likeness (QED) is 0.808. The fraction of sp³-hybridized carbons (Fsp3) is 0.312. The van der Waals surface area contributed by atoms with E-state index in [0.717, 1.165) is 6.20 Å². The number of carboxylic acid groups (broad SMARTS) is 1. The number of amides is 1. The Bertz CT molecular complexity index is 775. The molecule has 0 bridgehead atoms. The summed E-state index contributed by atoms with van der Waals surface area (Å²) in [6.07, 6.45) is -5.13. The highest BCUT2D eigenvalue weighted by Crippen LogP contribution is 2.34. The molecule has 0 aliphatic rings. The summed E-state index contributed by atoms with van der Waals surface area (Å²) in [4.78, 5) is 22.9. The van der Waals surface area contributed by atoms with Gasteiger partial charge in [0.25, 0.3) is 0 Å². The highest BCUT2D eigenvalue weighted by atomic mass is 19.4. The van der Waals surface area contributed by atoms with E-state index in [2.05, 4.69) is 5.10 Å². The molecule has 0 spiro atoms. The van der Waals surface area contributed by atoms with Gasteiger partial charge in [-0.1, -0.05) is 37.3 Å². The molecule has 2 rings (SSSR count). The Balaban J connectivity index is 2.17. The average molecular weight is 371 g/mol. The van der Waals surface area contributed by atoms with Crippen LogP contribution in [0.4, 0.5) is 23.7 Å². The van der Waals surface area contributed by atoms with E-state index < -0.39 is 35.7 Å². The second-order valence-electron chi connectivity index (χ2n) is 5.32. The minimum Gasteiger partial charge on any atom is -0.480 e. The average Bonchev–Trinajstić information content (AvgIpc) is 2.98. The van der Waals surface area contributed by atoms with Crippen LogP contribution in [-0.2, 0) is 22.3 Å². The van der Waals surface area contributed by atoms with Crippen LogP contribution in [0.15, 0.2) is 36.5 Å². The van der Waals surface area contributed by atoms with Crippen molar-refractivity contribution in [3.63, 3.8) is 0 Å². The minimum absolute atomic E-state index is 0.0200. The SMILES string of the molecule is CCC(C(=O)O)n1cc(NC(=O)OCc2ccccc2)c(C(F)(F)F)n1. The van der Waals surface area contributed by atoms with Crippen molar-refractivity contribution < 1.29 is 32.6 Å². The minimum atomic E-state index is -4.87. The number of nitrogens with one attached hydrogen (secondary N) is 1. The number of rotatable bonds is 6. The zero-order chi connectivity index (χ0) is 19.3.